The average molecular weight is 295 g/mol. The highest BCUT2D eigenvalue weighted by atomic mass is 16.5. The number of para-hydroxylation sites is 2. The number of benzene rings is 1. The molecule has 1 fully saturated rings. The molecule has 3 N–H and O–H groups in total. The molecule has 21 heavy (non-hydrogen) atoms. The first-order valence-corrected chi connectivity index (χ1v) is 7.56. The molecule has 0 spiro atoms. The predicted molar refractivity (Wildman–Crippen MR) is 80.8 cm³/mol. The van der Waals surface area contributed by atoms with Crippen molar-refractivity contribution in [3.63, 3.8) is 0 Å². The summed E-state index contributed by atoms with van der Waals surface area (Å²) in [7, 11) is 1.59. The number of ether oxygens (including phenoxy) is 2. The zero-order chi connectivity index (χ0) is 15.1. The largest absolute Gasteiger partial charge is 0.493 e. The lowest BCUT2D eigenvalue weighted by Gasteiger charge is -2.29. The van der Waals surface area contributed by atoms with Crippen LogP contribution in [0.4, 0.5) is 0 Å². The van der Waals surface area contributed by atoms with Gasteiger partial charge in [0.1, 0.15) is 12.7 Å². The van der Waals surface area contributed by atoms with E-state index < -0.39 is 6.10 Å². The van der Waals surface area contributed by atoms with Crippen molar-refractivity contribution in [2.75, 3.05) is 20.3 Å². The minimum absolute atomic E-state index is 0.0830. The molecule has 5 nitrogen and oxygen atoms in total. The second-order valence-corrected chi connectivity index (χ2v) is 5.48. The van der Waals surface area contributed by atoms with Gasteiger partial charge in [-0.25, -0.2) is 0 Å². The van der Waals surface area contributed by atoms with Gasteiger partial charge in [0.05, 0.1) is 13.2 Å². The lowest BCUT2D eigenvalue weighted by molar-refractivity contribution is 0.0668. The molecule has 0 aliphatic heterocycles. The normalized spacial score (nSPS) is 23.6. The zero-order valence-corrected chi connectivity index (χ0v) is 12.5. The molecule has 0 bridgehead atoms. The van der Waals surface area contributed by atoms with E-state index in [1.54, 1.807) is 7.11 Å². The Morgan fingerprint density at radius 1 is 1.24 bits per heavy atom. The standard InChI is InChI=1S/C16H25NO4/c1-20-15-8-4-5-9-16(15)21-11-12(18)10-17-13-6-2-3-7-14(13)19/h4-5,8-9,12-14,17-19H,2-3,6-7,10-11H2,1H3. The SMILES string of the molecule is COc1ccccc1OCC(O)CNC1CCCCC1O. The number of rotatable bonds is 7. The Morgan fingerprint density at radius 2 is 1.95 bits per heavy atom. The fourth-order valence-electron chi connectivity index (χ4n) is 2.62. The van der Waals surface area contributed by atoms with Crippen molar-refractivity contribution in [1.29, 1.82) is 0 Å². The third kappa shape index (κ3) is 4.88. The van der Waals surface area contributed by atoms with Gasteiger partial charge in [0.15, 0.2) is 11.5 Å². The number of hydrogen-bond acceptors (Lipinski definition) is 5. The van der Waals surface area contributed by atoms with E-state index in [0.717, 1.165) is 25.7 Å². The second-order valence-electron chi connectivity index (χ2n) is 5.48. The fraction of sp³-hybridized carbons (Fsp3) is 0.625. The molecule has 0 heterocycles. The highest BCUT2D eigenvalue weighted by Gasteiger charge is 2.23. The molecule has 1 aromatic carbocycles. The summed E-state index contributed by atoms with van der Waals surface area (Å²) < 4.78 is 10.8. The summed E-state index contributed by atoms with van der Waals surface area (Å²) >= 11 is 0. The third-order valence-corrected chi connectivity index (χ3v) is 3.85. The number of methoxy groups -OCH3 is 1. The van der Waals surface area contributed by atoms with Gasteiger partial charge in [0.2, 0.25) is 0 Å². The van der Waals surface area contributed by atoms with Crippen LogP contribution in [-0.2, 0) is 0 Å². The minimum Gasteiger partial charge on any atom is -0.493 e. The van der Waals surface area contributed by atoms with Crippen LogP contribution < -0.4 is 14.8 Å². The van der Waals surface area contributed by atoms with Crippen LogP contribution in [0.2, 0.25) is 0 Å². The van der Waals surface area contributed by atoms with E-state index in [2.05, 4.69) is 5.32 Å². The third-order valence-electron chi connectivity index (χ3n) is 3.85. The van der Waals surface area contributed by atoms with Gasteiger partial charge in [0, 0.05) is 12.6 Å². The van der Waals surface area contributed by atoms with Gasteiger partial charge < -0.3 is 25.0 Å². The molecule has 3 atom stereocenters. The van der Waals surface area contributed by atoms with E-state index in [1.807, 2.05) is 24.3 Å². The Hall–Kier alpha value is -1.30. The van der Waals surface area contributed by atoms with Crippen LogP contribution in [0.3, 0.4) is 0 Å². The maximum Gasteiger partial charge on any atom is 0.161 e. The van der Waals surface area contributed by atoms with Gasteiger partial charge in [-0.15, -0.1) is 0 Å². The van der Waals surface area contributed by atoms with Crippen LogP contribution in [0.1, 0.15) is 25.7 Å². The van der Waals surface area contributed by atoms with Crippen molar-refractivity contribution in [3.8, 4) is 11.5 Å². The van der Waals surface area contributed by atoms with Crippen molar-refractivity contribution < 1.29 is 19.7 Å². The highest BCUT2D eigenvalue weighted by Crippen LogP contribution is 2.25. The summed E-state index contributed by atoms with van der Waals surface area (Å²) in [6, 6.07) is 7.44. The Labute approximate surface area is 125 Å². The molecule has 3 unspecified atom stereocenters. The molecule has 0 radical (unpaired) electrons. The molecular weight excluding hydrogens is 270 g/mol. The molecule has 1 aliphatic rings. The van der Waals surface area contributed by atoms with Gasteiger partial charge in [-0.3, -0.25) is 0 Å². The monoisotopic (exact) mass is 295 g/mol. The van der Waals surface area contributed by atoms with Gasteiger partial charge in [-0.1, -0.05) is 25.0 Å². The van der Waals surface area contributed by atoms with Gasteiger partial charge in [-0.2, -0.15) is 0 Å². The summed E-state index contributed by atoms with van der Waals surface area (Å²) in [5, 5.41) is 23.1. The summed E-state index contributed by atoms with van der Waals surface area (Å²) in [6.07, 6.45) is 3.08. The Balaban J connectivity index is 1.73. The number of aliphatic hydroxyl groups is 2. The quantitative estimate of drug-likeness (QED) is 0.708. The van der Waals surface area contributed by atoms with Crippen LogP contribution >= 0.6 is 0 Å². The number of aliphatic hydroxyl groups excluding tert-OH is 2. The molecule has 0 aromatic heterocycles. The van der Waals surface area contributed by atoms with Crippen LogP contribution in [0.5, 0.6) is 11.5 Å². The first-order chi connectivity index (χ1) is 10.2. The van der Waals surface area contributed by atoms with Crippen molar-refractivity contribution >= 4 is 0 Å². The van der Waals surface area contributed by atoms with E-state index >= 15 is 0 Å². The molecule has 1 aromatic rings. The lowest BCUT2D eigenvalue weighted by Crippen LogP contribution is -2.45. The average Bonchev–Trinajstić information content (AvgIpc) is 2.52. The molecular formula is C16H25NO4. The molecule has 1 aliphatic carbocycles. The first kappa shape index (κ1) is 16.1. The summed E-state index contributed by atoms with van der Waals surface area (Å²) in [5.41, 5.74) is 0. The highest BCUT2D eigenvalue weighted by molar-refractivity contribution is 5.39. The van der Waals surface area contributed by atoms with Gasteiger partial charge >= 0.3 is 0 Å². The van der Waals surface area contributed by atoms with E-state index in [1.165, 1.54) is 0 Å². The smallest absolute Gasteiger partial charge is 0.161 e. The van der Waals surface area contributed by atoms with Gasteiger partial charge in [0.25, 0.3) is 0 Å². The number of hydrogen-bond donors (Lipinski definition) is 3. The molecule has 118 valence electrons. The summed E-state index contributed by atoms with van der Waals surface area (Å²) in [5.74, 6) is 1.28. The Morgan fingerprint density at radius 3 is 2.67 bits per heavy atom. The minimum atomic E-state index is -0.621. The second kappa shape index (κ2) is 8.22. The number of nitrogens with one attached hydrogen (secondary N) is 1. The Kier molecular flexibility index (Phi) is 6.29. The molecule has 0 saturated heterocycles. The Bertz CT molecular complexity index is 426. The zero-order valence-electron chi connectivity index (χ0n) is 12.5. The van der Waals surface area contributed by atoms with E-state index in [4.69, 9.17) is 9.47 Å². The molecule has 5 heteroatoms. The van der Waals surface area contributed by atoms with Crippen LogP contribution in [-0.4, -0.2) is 48.7 Å². The van der Waals surface area contributed by atoms with Crippen molar-refractivity contribution in [2.24, 2.45) is 0 Å². The topological polar surface area (TPSA) is 71.0 Å². The van der Waals surface area contributed by atoms with Crippen LogP contribution in [0.25, 0.3) is 0 Å². The maximum absolute atomic E-state index is 9.98. The van der Waals surface area contributed by atoms with E-state index in [-0.39, 0.29) is 18.8 Å². The fourth-order valence-corrected chi connectivity index (χ4v) is 2.62. The summed E-state index contributed by atoms with van der Waals surface area (Å²) in [4.78, 5) is 0. The van der Waals surface area contributed by atoms with Crippen LogP contribution in [0, 0.1) is 0 Å². The molecule has 2 rings (SSSR count). The summed E-state index contributed by atoms with van der Waals surface area (Å²) in [6.45, 7) is 0.604. The van der Waals surface area contributed by atoms with Crippen molar-refractivity contribution in [2.45, 2.75) is 43.9 Å². The molecule has 0 amide bonds. The van der Waals surface area contributed by atoms with Crippen molar-refractivity contribution in [1.82, 2.24) is 5.32 Å². The van der Waals surface area contributed by atoms with E-state index in [9.17, 15) is 10.2 Å². The molecule has 1 saturated carbocycles. The maximum atomic E-state index is 9.98. The predicted octanol–water partition coefficient (Wildman–Crippen LogP) is 1.33. The van der Waals surface area contributed by atoms with E-state index in [0.29, 0.717) is 18.0 Å². The van der Waals surface area contributed by atoms with Gasteiger partial charge in [-0.05, 0) is 25.0 Å². The van der Waals surface area contributed by atoms with Crippen molar-refractivity contribution in [3.05, 3.63) is 24.3 Å². The lowest BCUT2D eigenvalue weighted by atomic mass is 9.92. The van der Waals surface area contributed by atoms with Crippen LogP contribution in [0.15, 0.2) is 24.3 Å². The first-order valence-electron chi connectivity index (χ1n) is 7.56.